The predicted octanol–water partition coefficient (Wildman–Crippen LogP) is 2.49. The number of nitrogens with zero attached hydrogens (tertiary/aromatic N) is 2. The second-order valence-corrected chi connectivity index (χ2v) is 5.16. The number of aryl methyl sites for hydroxylation is 1. The van der Waals surface area contributed by atoms with Gasteiger partial charge in [0, 0.05) is 6.42 Å². The standard InChI is InChI=1S/C18H20N2O4/c1-3-10-24-18(22)16-12-14(6-8-19)13(4-5-17(21)23-2)11-15(16)7-9-20/h11-12H,3-7,10H2,1-2H3. The molecule has 0 unspecified atom stereocenters. The van der Waals surface area contributed by atoms with Gasteiger partial charge in [0.05, 0.1) is 44.3 Å². The molecule has 0 bridgehead atoms. The van der Waals surface area contributed by atoms with Gasteiger partial charge in [-0.3, -0.25) is 4.79 Å². The molecule has 0 radical (unpaired) electrons. The summed E-state index contributed by atoms with van der Waals surface area (Å²) in [6.07, 6.45) is 1.40. The molecule has 0 saturated carbocycles. The molecule has 0 fully saturated rings. The lowest BCUT2D eigenvalue weighted by Gasteiger charge is -2.13. The SMILES string of the molecule is CCCOC(=O)c1cc(CC#N)c(CCC(=O)OC)cc1CC#N. The van der Waals surface area contributed by atoms with Crippen molar-refractivity contribution in [2.45, 2.75) is 39.0 Å². The molecular weight excluding hydrogens is 308 g/mol. The fourth-order valence-electron chi connectivity index (χ4n) is 2.26. The van der Waals surface area contributed by atoms with Crippen LogP contribution in [0.4, 0.5) is 0 Å². The van der Waals surface area contributed by atoms with Crippen LogP contribution in [-0.4, -0.2) is 25.7 Å². The van der Waals surface area contributed by atoms with Crippen LogP contribution in [0.15, 0.2) is 12.1 Å². The van der Waals surface area contributed by atoms with Crippen LogP contribution in [-0.2, 0) is 33.5 Å². The van der Waals surface area contributed by atoms with Gasteiger partial charge in [0.1, 0.15) is 0 Å². The van der Waals surface area contributed by atoms with E-state index in [1.54, 1.807) is 12.1 Å². The van der Waals surface area contributed by atoms with Crippen molar-refractivity contribution in [3.63, 3.8) is 0 Å². The van der Waals surface area contributed by atoms with E-state index in [0.717, 1.165) is 5.56 Å². The lowest BCUT2D eigenvalue weighted by molar-refractivity contribution is -0.140. The van der Waals surface area contributed by atoms with Crippen molar-refractivity contribution in [1.82, 2.24) is 0 Å². The van der Waals surface area contributed by atoms with E-state index in [2.05, 4.69) is 10.8 Å². The quantitative estimate of drug-likeness (QED) is 0.680. The molecule has 24 heavy (non-hydrogen) atoms. The van der Waals surface area contributed by atoms with Crippen LogP contribution < -0.4 is 0 Å². The highest BCUT2D eigenvalue weighted by molar-refractivity contribution is 5.91. The van der Waals surface area contributed by atoms with E-state index in [9.17, 15) is 9.59 Å². The molecular formula is C18H20N2O4. The second kappa shape index (κ2) is 10.0. The first kappa shape index (κ1) is 19.2. The van der Waals surface area contributed by atoms with Gasteiger partial charge in [0.25, 0.3) is 0 Å². The van der Waals surface area contributed by atoms with Crippen LogP contribution in [0.2, 0.25) is 0 Å². The number of carbonyl (C=O) groups is 2. The van der Waals surface area contributed by atoms with Crippen molar-refractivity contribution in [2.75, 3.05) is 13.7 Å². The zero-order chi connectivity index (χ0) is 17.9. The third kappa shape index (κ3) is 5.40. The molecule has 0 atom stereocenters. The number of methoxy groups -OCH3 is 1. The highest BCUT2D eigenvalue weighted by Crippen LogP contribution is 2.21. The molecule has 6 nitrogen and oxygen atoms in total. The average molecular weight is 328 g/mol. The maximum Gasteiger partial charge on any atom is 0.338 e. The molecule has 0 saturated heterocycles. The summed E-state index contributed by atoms with van der Waals surface area (Å²) in [5, 5.41) is 18.0. The summed E-state index contributed by atoms with van der Waals surface area (Å²) < 4.78 is 9.77. The smallest absolute Gasteiger partial charge is 0.338 e. The van der Waals surface area contributed by atoms with E-state index in [-0.39, 0.29) is 25.2 Å². The first-order valence-corrected chi connectivity index (χ1v) is 7.69. The number of esters is 2. The molecule has 0 heterocycles. The fourth-order valence-corrected chi connectivity index (χ4v) is 2.26. The Morgan fingerprint density at radius 3 is 2.33 bits per heavy atom. The molecule has 1 aromatic carbocycles. The Hall–Kier alpha value is -2.86. The van der Waals surface area contributed by atoms with Gasteiger partial charge in [-0.05, 0) is 35.6 Å². The monoisotopic (exact) mass is 328 g/mol. The lowest BCUT2D eigenvalue weighted by Crippen LogP contribution is -2.12. The van der Waals surface area contributed by atoms with E-state index < -0.39 is 5.97 Å². The van der Waals surface area contributed by atoms with Gasteiger partial charge in [-0.15, -0.1) is 0 Å². The van der Waals surface area contributed by atoms with Gasteiger partial charge in [-0.2, -0.15) is 10.5 Å². The van der Waals surface area contributed by atoms with Crippen LogP contribution in [0, 0.1) is 22.7 Å². The summed E-state index contributed by atoms with van der Waals surface area (Å²) in [5.41, 5.74) is 2.27. The summed E-state index contributed by atoms with van der Waals surface area (Å²) >= 11 is 0. The highest BCUT2D eigenvalue weighted by atomic mass is 16.5. The van der Waals surface area contributed by atoms with Gasteiger partial charge < -0.3 is 9.47 Å². The molecule has 0 N–H and O–H groups in total. The predicted molar refractivity (Wildman–Crippen MR) is 86.0 cm³/mol. The molecule has 0 spiro atoms. The molecule has 126 valence electrons. The van der Waals surface area contributed by atoms with E-state index >= 15 is 0 Å². The van der Waals surface area contributed by atoms with E-state index in [1.165, 1.54) is 7.11 Å². The van der Waals surface area contributed by atoms with Crippen molar-refractivity contribution in [3.05, 3.63) is 34.4 Å². The summed E-state index contributed by atoms with van der Waals surface area (Å²) in [4.78, 5) is 23.5. The Morgan fingerprint density at radius 1 is 1.08 bits per heavy atom. The number of hydrogen-bond donors (Lipinski definition) is 0. The number of carbonyl (C=O) groups excluding carboxylic acids is 2. The van der Waals surface area contributed by atoms with E-state index in [1.807, 2.05) is 13.0 Å². The number of hydrogen-bond acceptors (Lipinski definition) is 6. The average Bonchev–Trinajstić information content (AvgIpc) is 2.59. The van der Waals surface area contributed by atoms with Gasteiger partial charge in [-0.25, -0.2) is 4.79 Å². The van der Waals surface area contributed by atoms with Crippen LogP contribution in [0.3, 0.4) is 0 Å². The number of benzene rings is 1. The largest absolute Gasteiger partial charge is 0.469 e. The van der Waals surface area contributed by atoms with Crippen molar-refractivity contribution < 1.29 is 19.1 Å². The Balaban J connectivity index is 3.22. The number of ether oxygens (including phenoxy) is 2. The van der Waals surface area contributed by atoms with Gasteiger partial charge >= 0.3 is 11.9 Å². The normalized spacial score (nSPS) is 9.67. The molecule has 0 amide bonds. The van der Waals surface area contributed by atoms with Crippen LogP contribution in [0.25, 0.3) is 0 Å². The zero-order valence-electron chi connectivity index (χ0n) is 13.9. The number of nitriles is 2. The molecule has 0 aromatic heterocycles. The minimum atomic E-state index is -0.499. The maximum atomic E-state index is 12.2. The topological polar surface area (TPSA) is 100 Å². The first-order valence-electron chi connectivity index (χ1n) is 7.69. The Kier molecular flexibility index (Phi) is 8.01. The molecule has 0 aliphatic rings. The van der Waals surface area contributed by atoms with Crippen LogP contribution in [0.1, 0.15) is 46.8 Å². The van der Waals surface area contributed by atoms with Gasteiger partial charge in [0.15, 0.2) is 0 Å². The van der Waals surface area contributed by atoms with Crippen molar-refractivity contribution in [2.24, 2.45) is 0 Å². The number of rotatable bonds is 8. The van der Waals surface area contributed by atoms with Crippen molar-refractivity contribution in [3.8, 4) is 12.1 Å². The Bertz CT molecular complexity index is 683. The second-order valence-electron chi connectivity index (χ2n) is 5.16. The summed E-state index contributed by atoms with van der Waals surface area (Å²) in [5.74, 6) is -0.855. The summed E-state index contributed by atoms with van der Waals surface area (Å²) in [7, 11) is 1.31. The summed E-state index contributed by atoms with van der Waals surface area (Å²) in [6.45, 7) is 2.18. The molecule has 1 rings (SSSR count). The van der Waals surface area contributed by atoms with Crippen molar-refractivity contribution in [1.29, 1.82) is 10.5 Å². The lowest BCUT2D eigenvalue weighted by atomic mass is 9.93. The maximum absolute atomic E-state index is 12.2. The molecule has 1 aromatic rings. The molecule has 0 aliphatic heterocycles. The third-order valence-electron chi connectivity index (χ3n) is 3.45. The van der Waals surface area contributed by atoms with Crippen LogP contribution >= 0.6 is 0 Å². The fraction of sp³-hybridized carbons (Fsp3) is 0.444. The Morgan fingerprint density at radius 2 is 1.75 bits per heavy atom. The third-order valence-corrected chi connectivity index (χ3v) is 3.45. The van der Waals surface area contributed by atoms with Crippen LogP contribution in [0.5, 0.6) is 0 Å². The highest BCUT2D eigenvalue weighted by Gasteiger charge is 2.17. The Labute approximate surface area is 141 Å². The summed E-state index contributed by atoms with van der Waals surface area (Å²) in [6, 6.07) is 7.39. The molecule has 6 heteroatoms. The van der Waals surface area contributed by atoms with E-state index in [4.69, 9.17) is 15.3 Å². The van der Waals surface area contributed by atoms with Gasteiger partial charge in [0.2, 0.25) is 0 Å². The van der Waals surface area contributed by atoms with E-state index in [0.29, 0.717) is 36.1 Å². The van der Waals surface area contributed by atoms with Gasteiger partial charge in [-0.1, -0.05) is 13.0 Å². The van der Waals surface area contributed by atoms with Crippen molar-refractivity contribution >= 4 is 11.9 Å². The first-order chi connectivity index (χ1) is 11.6. The minimum absolute atomic E-state index is 0.0502. The minimum Gasteiger partial charge on any atom is -0.469 e. The molecule has 0 aliphatic carbocycles. The zero-order valence-corrected chi connectivity index (χ0v) is 13.9.